The van der Waals surface area contributed by atoms with Crippen LogP contribution in [0.3, 0.4) is 0 Å². The van der Waals surface area contributed by atoms with Gasteiger partial charge in [0.05, 0.1) is 14.2 Å². The minimum atomic E-state index is 0.0787. The SMILES string of the molecule is CNC(CN)c1cccc(OC)c1OC. The Morgan fingerprint density at radius 3 is 2.53 bits per heavy atom. The van der Waals surface area contributed by atoms with Crippen molar-refractivity contribution < 1.29 is 9.47 Å². The van der Waals surface area contributed by atoms with E-state index in [1.165, 1.54) is 0 Å². The second-order valence-corrected chi connectivity index (χ2v) is 3.16. The summed E-state index contributed by atoms with van der Waals surface area (Å²) < 4.78 is 10.6. The summed E-state index contributed by atoms with van der Waals surface area (Å²) in [5.41, 5.74) is 6.69. The highest BCUT2D eigenvalue weighted by molar-refractivity contribution is 5.48. The minimum absolute atomic E-state index is 0.0787. The van der Waals surface area contributed by atoms with Gasteiger partial charge in [0.2, 0.25) is 0 Å². The Morgan fingerprint density at radius 2 is 2.07 bits per heavy atom. The molecule has 0 aliphatic heterocycles. The summed E-state index contributed by atoms with van der Waals surface area (Å²) in [6, 6.07) is 5.85. The Kier molecular flexibility index (Phi) is 4.39. The molecule has 4 heteroatoms. The van der Waals surface area contributed by atoms with E-state index in [0.717, 1.165) is 17.1 Å². The van der Waals surface area contributed by atoms with E-state index in [1.807, 2.05) is 25.2 Å². The summed E-state index contributed by atoms with van der Waals surface area (Å²) in [6.07, 6.45) is 0. The molecule has 4 nitrogen and oxygen atoms in total. The number of rotatable bonds is 5. The lowest BCUT2D eigenvalue weighted by Gasteiger charge is -2.19. The monoisotopic (exact) mass is 210 g/mol. The molecule has 0 amide bonds. The fourth-order valence-corrected chi connectivity index (χ4v) is 1.59. The molecule has 0 saturated heterocycles. The highest BCUT2D eigenvalue weighted by Crippen LogP contribution is 2.33. The predicted octanol–water partition coefficient (Wildman–Crippen LogP) is 0.923. The molecule has 0 radical (unpaired) electrons. The van der Waals surface area contributed by atoms with Crippen LogP contribution < -0.4 is 20.5 Å². The quantitative estimate of drug-likeness (QED) is 0.759. The van der Waals surface area contributed by atoms with Gasteiger partial charge in [-0.15, -0.1) is 0 Å². The van der Waals surface area contributed by atoms with E-state index < -0.39 is 0 Å². The minimum Gasteiger partial charge on any atom is -0.493 e. The molecular formula is C11H18N2O2. The van der Waals surface area contributed by atoms with Gasteiger partial charge in [-0.25, -0.2) is 0 Å². The average molecular weight is 210 g/mol. The highest BCUT2D eigenvalue weighted by atomic mass is 16.5. The largest absolute Gasteiger partial charge is 0.493 e. The second kappa shape index (κ2) is 5.58. The lowest BCUT2D eigenvalue weighted by Crippen LogP contribution is -2.25. The van der Waals surface area contributed by atoms with Crippen molar-refractivity contribution in [3.8, 4) is 11.5 Å². The molecule has 0 spiro atoms. The van der Waals surface area contributed by atoms with Crippen LogP contribution in [0.5, 0.6) is 11.5 Å². The van der Waals surface area contributed by atoms with Gasteiger partial charge in [0.1, 0.15) is 0 Å². The summed E-state index contributed by atoms with van der Waals surface area (Å²) >= 11 is 0. The summed E-state index contributed by atoms with van der Waals surface area (Å²) in [7, 11) is 5.12. The lowest BCUT2D eigenvalue weighted by atomic mass is 10.1. The normalized spacial score (nSPS) is 12.3. The number of nitrogens with two attached hydrogens (primary N) is 1. The van der Waals surface area contributed by atoms with Gasteiger partial charge < -0.3 is 20.5 Å². The number of likely N-dealkylation sites (N-methyl/N-ethyl adjacent to an activating group) is 1. The maximum absolute atomic E-state index is 5.67. The van der Waals surface area contributed by atoms with Crippen LogP contribution >= 0.6 is 0 Å². The first kappa shape index (κ1) is 11.8. The van der Waals surface area contributed by atoms with E-state index in [2.05, 4.69) is 5.32 Å². The van der Waals surface area contributed by atoms with Gasteiger partial charge in [-0.2, -0.15) is 0 Å². The van der Waals surface area contributed by atoms with Crippen molar-refractivity contribution in [2.75, 3.05) is 27.8 Å². The number of nitrogens with one attached hydrogen (secondary N) is 1. The predicted molar refractivity (Wildman–Crippen MR) is 60.4 cm³/mol. The fraction of sp³-hybridized carbons (Fsp3) is 0.455. The van der Waals surface area contributed by atoms with Crippen LogP contribution in [-0.2, 0) is 0 Å². The molecule has 0 aliphatic carbocycles. The molecule has 1 rings (SSSR count). The van der Waals surface area contributed by atoms with E-state index in [4.69, 9.17) is 15.2 Å². The van der Waals surface area contributed by atoms with E-state index in [-0.39, 0.29) is 6.04 Å². The summed E-state index contributed by atoms with van der Waals surface area (Å²) in [5, 5.41) is 3.13. The van der Waals surface area contributed by atoms with E-state index in [1.54, 1.807) is 14.2 Å². The third-order valence-corrected chi connectivity index (χ3v) is 2.39. The highest BCUT2D eigenvalue weighted by Gasteiger charge is 2.15. The second-order valence-electron chi connectivity index (χ2n) is 3.16. The number of para-hydroxylation sites is 1. The zero-order chi connectivity index (χ0) is 11.3. The van der Waals surface area contributed by atoms with Gasteiger partial charge >= 0.3 is 0 Å². The molecule has 0 saturated carbocycles. The van der Waals surface area contributed by atoms with Crippen molar-refractivity contribution in [3.63, 3.8) is 0 Å². The summed E-state index contributed by atoms with van der Waals surface area (Å²) in [5.74, 6) is 1.47. The van der Waals surface area contributed by atoms with Gasteiger partial charge in [0.25, 0.3) is 0 Å². The molecule has 0 heterocycles. The van der Waals surface area contributed by atoms with Crippen molar-refractivity contribution in [1.82, 2.24) is 5.32 Å². The molecular weight excluding hydrogens is 192 g/mol. The number of benzene rings is 1. The topological polar surface area (TPSA) is 56.5 Å². The molecule has 1 unspecified atom stereocenters. The van der Waals surface area contributed by atoms with Crippen LogP contribution in [0.25, 0.3) is 0 Å². The summed E-state index contributed by atoms with van der Waals surface area (Å²) in [6.45, 7) is 0.514. The van der Waals surface area contributed by atoms with Crippen LogP contribution in [0.15, 0.2) is 18.2 Å². The molecule has 0 aliphatic rings. The molecule has 3 N–H and O–H groups in total. The third kappa shape index (κ3) is 2.40. The third-order valence-electron chi connectivity index (χ3n) is 2.39. The van der Waals surface area contributed by atoms with Crippen molar-refractivity contribution in [2.24, 2.45) is 5.73 Å². The Hall–Kier alpha value is -1.26. The molecule has 1 aromatic carbocycles. The molecule has 0 bridgehead atoms. The Labute approximate surface area is 90.4 Å². The zero-order valence-corrected chi connectivity index (χ0v) is 9.41. The van der Waals surface area contributed by atoms with Crippen LogP contribution in [0.2, 0.25) is 0 Å². The van der Waals surface area contributed by atoms with Crippen molar-refractivity contribution >= 4 is 0 Å². The van der Waals surface area contributed by atoms with Gasteiger partial charge in [-0.3, -0.25) is 0 Å². The van der Waals surface area contributed by atoms with Crippen LogP contribution in [0.4, 0.5) is 0 Å². The molecule has 0 aromatic heterocycles. The number of ether oxygens (including phenoxy) is 2. The van der Waals surface area contributed by atoms with Crippen molar-refractivity contribution in [3.05, 3.63) is 23.8 Å². The van der Waals surface area contributed by atoms with Crippen LogP contribution in [0.1, 0.15) is 11.6 Å². The Morgan fingerprint density at radius 1 is 1.33 bits per heavy atom. The standard InChI is InChI=1S/C11H18N2O2/c1-13-9(7-12)8-5-4-6-10(14-2)11(8)15-3/h4-6,9,13H,7,12H2,1-3H3. The van der Waals surface area contributed by atoms with Gasteiger partial charge in [0, 0.05) is 18.2 Å². The lowest BCUT2D eigenvalue weighted by molar-refractivity contribution is 0.348. The Balaban J connectivity index is 3.15. The van der Waals surface area contributed by atoms with E-state index in [0.29, 0.717) is 6.54 Å². The number of hydrogen-bond acceptors (Lipinski definition) is 4. The maximum Gasteiger partial charge on any atom is 0.165 e. The van der Waals surface area contributed by atoms with Gasteiger partial charge in [-0.1, -0.05) is 12.1 Å². The number of hydrogen-bond donors (Lipinski definition) is 2. The maximum atomic E-state index is 5.67. The van der Waals surface area contributed by atoms with Gasteiger partial charge in [-0.05, 0) is 13.1 Å². The molecule has 84 valence electrons. The molecule has 1 atom stereocenters. The molecule has 1 aromatic rings. The van der Waals surface area contributed by atoms with Crippen molar-refractivity contribution in [2.45, 2.75) is 6.04 Å². The number of methoxy groups -OCH3 is 2. The first-order valence-electron chi connectivity index (χ1n) is 4.86. The molecule has 0 fully saturated rings. The Bertz CT molecular complexity index is 311. The first-order chi connectivity index (χ1) is 7.28. The van der Waals surface area contributed by atoms with Crippen LogP contribution in [-0.4, -0.2) is 27.8 Å². The smallest absolute Gasteiger partial charge is 0.165 e. The van der Waals surface area contributed by atoms with Crippen molar-refractivity contribution in [1.29, 1.82) is 0 Å². The average Bonchev–Trinajstić information content (AvgIpc) is 2.30. The van der Waals surface area contributed by atoms with E-state index >= 15 is 0 Å². The molecule has 15 heavy (non-hydrogen) atoms. The van der Waals surface area contributed by atoms with Gasteiger partial charge in [0.15, 0.2) is 11.5 Å². The zero-order valence-electron chi connectivity index (χ0n) is 9.41. The van der Waals surface area contributed by atoms with Crippen LogP contribution in [0, 0.1) is 0 Å². The first-order valence-corrected chi connectivity index (χ1v) is 4.86. The fourth-order valence-electron chi connectivity index (χ4n) is 1.59. The van der Waals surface area contributed by atoms with E-state index in [9.17, 15) is 0 Å². The summed E-state index contributed by atoms with van der Waals surface area (Å²) in [4.78, 5) is 0.